The molecule has 0 aliphatic rings. The predicted molar refractivity (Wildman–Crippen MR) is 108 cm³/mol. The Morgan fingerprint density at radius 1 is 1.06 bits per heavy atom. The Labute approximate surface area is 181 Å². The molecule has 0 atom stereocenters. The highest BCUT2D eigenvalue weighted by Gasteiger charge is 2.26. The molecule has 0 spiro atoms. The number of carbonyl (C=O) groups is 1. The average Bonchev–Trinajstić information content (AvgIpc) is 2.79. The molecule has 0 aliphatic carbocycles. The minimum Gasteiger partial charge on any atom is -0.477 e. The van der Waals surface area contributed by atoms with Crippen LogP contribution in [0.4, 0.5) is 13.2 Å². The van der Waals surface area contributed by atoms with Crippen molar-refractivity contribution < 1.29 is 27.4 Å². The number of halogens is 3. The number of methoxy groups -OCH3 is 1. The van der Waals surface area contributed by atoms with Crippen LogP contribution in [-0.2, 0) is 6.42 Å². The van der Waals surface area contributed by atoms with Gasteiger partial charge in [-0.05, 0) is 12.1 Å². The fourth-order valence-corrected chi connectivity index (χ4v) is 2.73. The van der Waals surface area contributed by atoms with Crippen molar-refractivity contribution in [1.29, 1.82) is 0 Å². The van der Waals surface area contributed by atoms with E-state index in [1.54, 1.807) is 24.7 Å². The number of nitrogens with zero attached hydrogens (tertiary/aromatic N) is 4. The van der Waals surface area contributed by atoms with Gasteiger partial charge in [0.05, 0.1) is 31.4 Å². The Hall–Kier alpha value is -3.76. The summed E-state index contributed by atoms with van der Waals surface area (Å²) in [5, 5.41) is 2.77. The molecule has 3 heterocycles. The zero-order chi connectivity index (χ0) is 23.0. The van der Waals surface area contributed by atoms with Crippen LogP contribution in [0.25, 0.3) is 11.1 Å². The van der Waals surface area contributed by atoms with Gasteiger partial charge in [0.25, 0.3) is 5.91 Å². The molecule has 0 saturated heterocycles. The van der Waals surface area contributed by atoms with E-state index in [-0.39, 0.29) is 23.4 Å². The number of amides is 1. The van der Waals surface area contributed by atoms with Gasteiger partial charge < -0.3 is 14.8 Å². The minimum atomic E-state index is -4.30. The highest BCUT2D eigenvalue weighted by atomic mass is 19.4. The fourth-order valence-electron chi connectivity index (χ4n) is 2.73. The number of alkyl halides is 3. The van der Waals surface area contributed by atoms with Crippen LogP contribution in [0.15, 0.2) is 49.1 Å². The molecule has 0 saturated carbocycles. The normalized spacial score (nSPS) is 11.1. The van der Waals surface area contributed by atoms with E-state index >= 15 is 0 Å². The topological polar surface area (TPSA) is 99.1 Å². The molecule has 0 aliphatic heterocycles. The maximum Gasteiger partial charge on any atom is 0.392 e. The lowest BCUT2D eigenvalue weighted by atomic mass is 10.1. The number of ether oxygens (including phenoxy) is 2. The molecule has 1 amide bonds. The van der Waals surface area contributed by atoms with Crippen LogP contribution in [-0.4, -0.2) is 52.3 Å². The summed E-state index contributed by atoms with van der Waals surface area (Å²) in [6.07, 6.45) is 1.26. The van der Waals surface area contributed by atoms with E-state index in [9.17, 15) is 18.0 Å². The summed E-state index contributed by atoms with van der Waals surface area (Å²) in [5.74, 6) is -0.352. The summed E-state index contributed by atoms with van der Waals surface area (Å²) in [6, 6.07) is 6.73. The Morgan fingerprint density at radius 2 is 1.84 bits per heavy atom. The van der Waals surface area contributed by atoms with Crippen molar-refractivity contribution in [2.24, 2.45) is 0 Å². The molecular weight excluding hydrogens is 427 g/mol. The third-order valence-electron chi connectivity index (χ3n) is 4.29. The largest absolute Gasteiger partial charge is 0.477 e. The van der Waals surface area contributed by atoms with Gasteiger partial charge in [-0.2, -0.15) is 13.2 Å². The van der Waals surface area contributed by atoms with Crippen molar-refractivity contribution in [3.63, 3.8) is 0 Å². The van der Waals surface area contributed by atoms with Gasteiger partial charge in [-0.25, -0.2) is 15.0 Å². The van der Waals surface area contributed by atoms with Gasteiger partial charge in [-0.15, -0.1) is 0 Å². The zero-order valence-corrected chi connectivity index (χ0v) is 17.1. The van der Waals surface area contributed by atoms with Gasteiger partial charge in [0, 0.05) is 54.9 Å². The molecule has 168 valence electrons. The van der Waals surface area contributed by atoms with E-state index in [0.717, 1.165) is 16.8 Å². The average molecular weight is 447 g/mol. The van der Waals surface area contributed by atoms with Crippen LogP contribution < -0.4 is 14.8 Å². The van der Waals surface area contributed by atoms with Gasteiger partial charge in [-0.3, -0.25) is 9.78 Å². The lowest BCUT2D eigenvalue weighted by Crippen LogP contribution is -2.26. The first-order valence-electron chi connectivity index (χ1n) is 9.60. The van der Waals surface area contributed by atoms with Gasteiger partial charge >= 0.3 is 12.2 Å². The molecule has 3 aromatic rings. The second kappa shape index (κ2) is 10.5. The summed E-state index contributed by atoms with van der Waals surface area (Å²) in [6.45, 7) is -0.225. The number of pyridine rings is 2. The van der Waals surface area contributed by atoms with Crippen molar-refractivity contribution in [2.45, 2.75) is 19.0 Å². The Balaban J connectivity index is 1.54. The fraction of sp³-hybridized carbons (Fsp3) is 0.286. The lowest BCUT2D eigenvalue weighted by molar-refractivity contribution is -0.139. The first-order chi connectivity index (χ1) is 15.4. The number of hydrogen-bond donors (Lipinski definition) is 1. The molecule has 0 radical (unpaired) electrons. The first-order valence-corrected chi connectivity index (χ1v) is 9.60. The zero-order valence-electron chi connectivity index (χ0n) is 17.1. The molecule has 32 heavy (non-hydrogen) atoms. The van der Waals surface area contributed by atoms with Gasteiger partial charge in [0.2, 0.25) is 5.88 Å². The van der Waals surface area contributed by atoms with E-state index in [4.69, 9.17) is 9.47 Å². The smallest absolute Gasteiger partial charge is 0.392 e. The summed E-state index contributed by atoms with van der Waals surface area (Å²) in [5.41, 5.74) is 2.63. The van der Waals surface area contributed by atoms with Crippen molar-refractivity contribution >= 4 is 5.91 Å². The van der Waals surface area contributed by atoms with Crippen molar-refractivity contribution in [3.05, 3.63) is 60.3 Å². The predicted octanol–water partition coefficient (Wildman–Crippen LogP) is 3.25. The molecule has 0 aromatic carbocycles. The van der Waals surface area contributed by atoms with Crippen LogP contribution in [0, 0.1) is 0 Å². The molecule has 0 unspecified atom stereocenters. The number of carbonyl (C=O) groups excluding carboxylic acids is 1. The highest BCUT2D eigenvalue weighted by Crippen LogP contribution is 2.22. The lowest BCUT2D eigenvalue weighted by Gasteiger charge is -2.10. The SMILES string of the molecule is COc1ncc(-c2cccnc2CCNC(=O)c2ccc(OCCC(F)(F)F)nc2)cn1. The molecule has 0 fully saturated rings. The third-order valence-corrected chi connectivity index (χ3v) is 4.29. The second-order valence-electron chi connectivity index (χ2n) is 6.56. The van der Waals surface area contributed by atoms with E-state index in [1.165, 1.54) is 25.4 Å². The summed E-state index contributed by atoms with van der Waals surface area (Å²) in [4.78, 5) is 28.8. The van der Waals surface area contributed by atoms with Crippen molar-refractivity contribution in [1.82, 2.24) is 25.3 Å². The van der Waals surface area contributed by atoms with Crippen LogP contribution >= 0.6 is 0 Å². The Bertz CT molecular complexity index is 1030. The van der Waals surface area contributed by atoms with E-state index in [0.29, 0.717) is 13.0 Å². The molecule has 0 bridgehead atoms. The van der Waals surface area contributed by atoms with E-state index < -0.39 is 19.2 Å². The second-order valence-corrected chi connectivity index (χ2v) is 6.56. The van der Waals surface area contributed by atoms with E-state index in [1.807, 2.05) is 6.07 Å². The summed E-state index contributed by atoms with van der Waals surface area (Å²) < 4.78 is 46.4. The number of hydrogen-bond acceptors (Lipinski definition) is 7. The Kier molecular flexibility index (Phi) is 7.53. The monoisotopic (exact) mass is 447 g/mol. The molecule has 1 N–H and O–H groups in total. The van der Waals surface area contributed by atoms with Crippen LogP contribution in [0.1, 0.15) is 22.5 Å². The third kappa shape index (κ3) is 6.62. The number of nitrogens with one attached hydrogen (secondary N) is 1. The first kappa shape index (κ1) is 22.9. The summed E-state index contributed by atoms with van der Waals surface area (Å²) >= 11 is 0. The van der Waals surface area contributed by atoms with Gasteiger partial charge in [0.1, 0.15) is 0 Å². The maximum atomic E-state index is 12.3. The Morgan fingerprint density at radius 3 is 2.50 bits per heavy atom. The van der Waals surface area contributed by atoms with Crippen LogP contribution in [0.2, 0.25) is 0 Å². The minimum absolute atomic E-state index is 0.0191. The van der Waals surface area contributed by atoms with Crippen LogP contribution in [0.5, 0.6) is 11.9 Å². The highest BCUT2D eigenvalue weighted by molar-refractivity contribution is 5.93. The van der Waals surface area contributed by atoms with Gasteiger partial charge in [0.15, 0.2) is 0 Å². The van der Waals surface area contributed by atoms with Crippen LogP contribution in [0.3, 0.4) is 0 Å². The summed E-state index contributed by atoms with van der Waals surface area (Å²) in [7, 11) is 1.48. The molecular formula is C21H20F3N5O3. The maximum absolute atomic E-state index is 12.3. The standard InChI is InChI=1S/C21H20F3N5O3/c1-31-20-28-12-15(13-29-20)16-3-2-8-25-17(16)6-9-26-19(30)14-4-5-18(27-11-14)32-10-7-21(22,23)24/h2-5,8,11-13H,6-7,9-10H2,1H3,(H,26,30). The molecule has 3 rings (SSSR count). The molecule has 8 nitrogen and oxygen atoms in total. The van der Waals surface area contributed by atoms with Crippen molar-refractivity contribution in [3.8, 4) is 23.0 Å². The van der Waals surface area contributed by atoms with E-state index in [2.05, 4.69) is 25.3 Å². The quantitative estimate of drug-likeness (QED) is 0.538. The van der Waals surface area contributed by atoms with Crippen molar-refractivity contribution in [2.75, 3.05) is 20.3 Å². The number of aromatic nitrogens is 4. The van der Waals surface area contributed by atoms with Gasteiger partial charge in [-0.1, -0.05) is 6.07 Å². The number of rotatable bonds is 9. The molecule has 3 aromatic heterocycles. The molecule has 11 heteroatoms.